The van der Waals surface area contributed by atoms with Crippen LogP contribution in [0.25, 0.3) is 0 Å². The zero-order chi connectivity index (χ0) is 9.14. The Bertz CT molecular complexity index is 336. The maximum atomic E-state index is 10.5. The minimum Gasteiger partial charge on any atom is -0.258 e. The van der Waals surface area contributed by atoms with Gasteiger partial charge in [-0.1, -0.05) is 12.6 Å². The van der Waals surface area contributed by atoms with Gasteiger partial charge in [0.2, 0.25) is 0 Å². The van der Waals surface area contributed by atoms with Crippen molar-refractivity contribution in [3.63, 3.8) is 0 Å². The lowest BCUT2D eigenvalue weighted by Gasteiger charge is -1.97. The van der Waals surface area contributed by atoms with Gasteiger partial charge in [-0.15, -0.1) is 0 Å². The molecule has 0 unspecified atom stereocenters. The van der Waals surface area contributed by atoms with Crippen molar-refractivity contribution in [3.8, 4) is 0 Å². The molecule has 12 heavy (non-hydrogen) atoms. The maximum absolute atomic E-state index is 10.5. The third-order valence-electron chi connectivity index (χ3n) is 1.36. The van der Waals surface area contributed by atoms with Crippen molar-refractivity contribution in [1.29, 1.82) is 0 Å². The third kappa shape index (κ3) is 1.63. The van der Waals surface area contributed by atoms with Crippen molar-refractivity contribution in [3.05, 3.63) is 50.1 Å². The summed E-state index contributed by atoms with van der Waals surface area (Å²) in [6.45, 7) is 3.38. The molecule has 0 aliphatic rings. The predicted octanol–water partition coefficient (Wildman–Crippen LogP) is 2.54. The number of benzene rings is 1. The van der Waals surface area contributed by atoms with Crippen LogP contribution in [-0.4, -0.2) is 4.92 Å². The van der Waals surface area contributed by atoms with Gasteiger partial charge < -0.3 is 0 Å². The molecule has 0 fully saturated rings. The van der Waals surface area contributed by atoms with Crippen molar-refractivity contribution < 1.29 is 4.92 Å². The largest absolute Gasteiger partial charge is 0.290 e. The summed E-state index contributed by atoms with van der Waals surface area (Å²) in [6, 6.07) is 5.04. The molecule has 3 nitrogen and oxygen atoms in total. The lowest BCUT2D eigenvalue weighted by atomic mass is 10.2. The second kappa shape index (κ2) is 3.66. The first-order valence-electron chi connectivity index (χ1n) is 3.13. The average Bonchev–Trinajstić information content (AvgIpc) is 2.03. The SMILES string of the molecule is C=[C]c1cccc(I)c1[N+](=O)[O-]. The van der Waals surface area contributed by atoms with Gasteiger partial charge in [-0.2, -0.15) is 0 Å². The van der Waals surface area contributed by atoms with Crippen LogP contribution in [0.2, 0.25) is 0 Å². The van der Waals surface area contributed by atoms with Crippen LogP contribution in [0.1, 0.15) is 5.56 Å². The van der Waals surface area contributed by atoms with E-state index in [4.69, 9.17) is 0 Å². The smallest absolute Gasteiger partial charge is 0.258 e. The van der Waals surface area contributed by atoms with Gasteiger partial charge in [0.1, 0.15) is 0 Å². The van der Waals surface area contributed by atoms with E-state index in [9.17, 15) is 10.1 Å². The molecule has 0 N–H and O–H groups in total. The molecule has 61 valence electrons. The van der Waals surface area contributed by atoms with Crippen molar-refractivity contribution in [2.75, 3.05) is 0 Å². The van der Waals surface area contributed by atoms with Gasteiger partial charge in [-0.05, 0) is 40.8 Å². The number of halogens is 1. The standard InChI is InChI=1S/C8H5INO2/c1-2-6-4-3-5-7(9)8(6)10(11)12/h3-5H,1H2. The highest BCUT2D eigenvalue weighted by Crippen LogP contribution is 2.24. The highest BCUT2D eigenvalue weighted by atomic mass is 127. The molecule has 0 bridgehead atoms. The van der Waals surface area contributed by atoms with Crippen LogP contribution in [0, 0.1) is 19.8 Å². The summed E-state index contributed by atoms with van der Waals surface area (Å²) < 4.78 is 0.603. The van der Waals surface area contributed by atoms with Crippen LogP contribution in [0.5, 0.6) is 0 Å². The fourth-order valence-corrected chi connectivity index (χ4v) is 1.54. The van der Waals surface area contributed by atoms with E-state index in [1.54, 1.807) is 18.2 Å². The zero-order valence-corrected chi connectivity index (χ0v) is 8.24. The Labute approximate surface area is 83.4 Å². The van der Waals surface area contributed by atoms with Gasteiger partial charge in [0.15, 0.2) is 0 Å². The Kier molecular flexibility index (Phi) is 2.80. The Morgan fingerprint density at radius 2 is 2.25 bits per heavy atom. The molecule has 4 heteroatoms. The van der Waals surface area contributed by atoms with E-state index in [-0.39, 0.29) is 5.69 Å². The molecule has 0 aromatic heterocycles. The van der Waals surface area contributed by atoms with E-state index < -0.39 is 4.92 Å². The van der Waals surface area contributed by atoms with Gasteiger partial charge in [-0.3, -0.25) is 10.1 Å². The highest BCUT2D eigenvalue weighted by Gasteiger charge is 2.14. The molecule has 0 aliphatic heterocycles. The van der Waals surface area contributed by atoms with Gasteiger partial charge >= 0.3 is 0 Å². The fourth-order valence-electron chi connectivity index (χ4n) is 0.844. The average molecular weight is 274 g/mol. The van der Waals surface area contributed by atoms with Crippen LogP contribution >= 0.6 is 22.6 Å². The van der Waals surface area contributed by atoms with E-state index in [0.29, 0.717) is 9.13 Å². The maximum Gasteiger partial charge on any atom is 0.290 e. The molecule has 1 aromatic rings. The molecule has 0 atom stereocenters. The summed E-state index contributed by atoms with van der Waals surface area (Å²) in [4.78, 5) is 10.1. The van der Waals surface area contributed by atoms with Gasteiger partial charge in [0, 0.05) is 0 Å². The first-order valence-corrected chi connectivity index (χ1v) is 4.20. The zero-order valence-electron chi connectivity index (χ0n) is 6.08. The summed E-state index contributed by atoms with van der Waals surface area (Å²) in [5.74, 6) is 0. The lowest BCUT2D eigenvalue weighted by Crippen LogP contribution is -1.94. The molecule has 0 spiro atoms. The van der Waals surface area contributed by atoms with Crippen molar-refractivity contribution in [2.24, 2.45) is 0 Å². The number of nitro benzene ring substituents is 1. The second-order valence-corrected chi connectivity index (χ2v) is 3.23. The monoisotopic (exact) mass is 274 g/mol. The first kappa shape index (κ1) is 9.18. The molecule has 0 saturated heterocycles. The topological polar surface area (TPSA) is 43.1 Å². The molecule has 1 radical (unpaired) electrons. The number of hydrogen-bond acceptors (Lipinski definition) is 2. The van der Waals surface area contributed by atoms with Crippen LogP contribution < -0.4 is 0 Å². The Hall–Kier alpha value is -0.910. The van der Waals surface area contributed by atoms with Gasteiger partial charge in [0.05, 0.1) is 14.1 Å². The number of nitrogens with zero attached hydrogens (tertiary/aromatic N) is 1. The first-order chi connectivity index (χ1) is 5.66. The van der Waals surface area contributed by atoms with Crippen molar-refractivity contribution >= 4 is 28.3 Å². The minimum atomic E-state index is -0.421. The summed E-state index contributed by atoms with van der Waals surface area (Å²) in [5, 5.41) is 10.5. The number of hydrogen-bond donors (Lipinski definition) is 0. The molecular formula is C8H5INO2. The number of rotatable bonds is 2. The van der Waals surface area contributed by atoms with Gasteiger partial charge in [0.25, 0.3) is 5.69 Å². The molecule has 0 aliphatic carbocycles. The molecule has 0 saturated carbocycles. The molecule has 1 rings (SSSR count). The van der Waals surface area contributed by atoms with E-state index in [1.165, 1.54) is 0 Å². The van der Waals surface area contributed by atoms with E-state index in [2.05, 4.69) is 12.7 Å². The normalized spacial score (nSPS) is 9.42. The van der Waals surface area contributed by atoms with Gasteiger partial charge in [-0.25, -0.2) is 0 Å². The van der Waals surface area contributed by atoms with Crippen LogP contribution in [0.15, 0.2) is 24.8 Å². The van der Waals surface area contributed by atoms with E-state index in [1.807, 2.05) is 22.6 Å². The quantitative estimate of drug-likeness (QED) is 0.472. The van der Waals surface area contributed by atoms with Crippen molar-refractivity contribution in [1.82, 2.24) is 0 Å². The Morgan fingerprint density at radius 3 is 2.67 bits per heavy atom. The lowest BCUT2D eigenvalue weighted by molar-refractivity contribution is -0.386. The summed E-state index contributed by atoms with van der Waals surface area (Å²) in [7, 11) is 0. The Morgan fingerprint density at radius 1 is 1.58 bits per heavy atom. The van der Waals surface area contributed by atoms with E-state index >= 15 is 0 Å². The summed E-state index contributed by atoms with van der Waals surface area (Å²) in [6.07, 6.45) is 2.52. The van der Waals surface area contributed by atoms with Crippen molar-refractivity contribution in [2.45, 2.75) is 0 Å². The summed E-state index contributed by atoms with van der Waals surface area (Å²) >= 11 is 1.92. The van der Waals surface area contributed by atoms with Crippen LogP contribution in [0.4, 0.5) is 5.69 Å². The van der Waals surface area contributed by atoms with Crippen LogP contribution in [-0.2, 0) is 0 Å². The molecule has 0 heterocycles. The molecular weight excluding hydrogens is 269 g/mol. The van der Waals surface area contributed by atoms with Crippen LogP contribution in [0.3, 0.4) is 0 Å². The highest BCUT2D eigenvalue weighted by molar-refractivity contribution is 14.1. The second-order valence-electron chi connectivity index (χ2n) is 2.07. The number of nitro groups is 1. The van der Waals surface area contributed by atoms with E-state index in [0.717, 1.165) is 0 Å². The number of para-hydroxylation sites is 1. The predicted molar refractivity (Wildman–Crippen MR) is 53.8 cm³/mol. The summed E-state index contributed by atoms with van der Waals surface area (Å²) in [5.41, 5.74) is 0.514. The Balaban J connectivity index is 3.39. The minimum absolute atomic E-state index is 0.0769. The third-order valence-corrected chi connectivity index (χ3v) is 2.23. The fraction of sp³-hybridized carbons (Fsp3) is 0. The molecule has 0 amide bonds. The molecule has 1 aromatic carbocycles.